The van der Waals surface area contributed by atoms with Crippen molar-refractivity contribution in [3.63, 3.8) is 0 Å². The van der Waals surface area contributed by atoms with E-state index < -0.39 is 15.7 Å². The molecule has 2 aromatic rings. The molecule has 0 saturated carbocycles. The second-order valence-corrected chi connectivity index (χ2v) is 10.1. The minimum atomic E-state index is -3.94. The molecular formula is C22H23ClN2O3S. The molecule has 0 radical (unpaired) electrons. The average molecular weight is 431 g/mol. The fourth-order valence-electron chi connectivity index (χ4n) is 3.81. The van der Waals surface area contributed by atoms with Gasteiger partial charge in [0.05, 0.1) is 10.6 Å². The maximum absolute atomic E-state index is 13.3. The summed E-state index contributed by atoms with van der Waals surface area (Å²) >= 11 is 6.17. The van der Waals surface area contributed by atoms with Gasteiger partial charge in [-0.1, -0.05) is 30.7 Å². The van der Waals surface area contributed by atoms with E-state index in [4.69, 9.17) is 11.6 Å². The van der Waals surface area contributed by atoms with Crippen molar-refractivity contribution in [2.75, 3.05) is 18.0 Å². The van der Waals surface area contributed by atoms with Crippen LogP contribution in [0.1, 0.15) is 25.3 Å². The van der Waals surface area contributed by atoms with Crippen molar-refractivity contribution in [3.05, 3.63) is 64.2 Å². The van der Waals surface area contributed by atoms with Gasteiger partial charge in [-0.15, -0.1) is 0 Å². The Kier molecular flexibility index (Phi) is 5.17. The topological polar surface area (TPSA) is 57.7 Å². The number of likely N-dealkylation sites (tertiary alicyclic amines) is 1. The van der Waals surface area contributed by atoms with Gasteiger partial charge < -0.3 is 9.80 Å². The number of hydrogen-bond donors (Lipinski definition) is 0. The number of amides is 1. The summed E-state index contributed by atoms with van der Waals surface area (Å²) < 4.78 is 26.6. The average Bonchev–Trinajstić information content (AvgIpc) is 2.68. The van der Waals surface area contributed by atoms with Crippen LogP contribution < -0.4 is 4.90 Å². The van der Waals surface area contributed by atoms with Gasteiger partial charge in [0.2, 0.25) is 9.84 Å². The Morgan fingerprint density at radius 3 is 2.52 bits per heavy atom. The van der Waals surface area contributed by atoms with Gasteiger partial charge in [0.15, 0.2) is 4.91 Å². The predicted octanol–water partition coefficient (Wildman–Crippen LogP) is 4.67. The summed E-state index contributed by atoms with van der Waals surface area (Å²) in [4.78, 5) is 16.5. The molecule has 2 aliphatic rings. The van der Waals surface area contributed by atoms with E-state index in [2.05, 4.69) is 6.92 Å². The fraction of sp³-hybridized carbons (Fsp3) is 0.318. The van der Waals surface area contributed by atoms with Crippen molar-refractivity contribution in [2.45, 2.75) is 31.6 Å². The van der Waals surface area contributed by atoms with Crippen LogP contribution in [-0.4, -0.2) is 32.3 Å². The second kappa shape index (κ2) is 7.50. The van der Waals surface area contributed by atoms with Crippen LogP contribution in [0, 0.1) is 12.8 Å². The van der Waals surface area contributed by atoms with Gasteiger partial charge in [0, 0.05) is 30.0 Å². The largest absolute Gasteiger partial charge is 0.338 e. The van der Waals surface area contributed by atoms with Crippen molar-refractivity contribution in [2.24, 2.45) is 5.92 Å². The zero-order valence-electron chi connectivity index (χ0n) is 16.4. The summed E-state index contributed by atoms with van der Waals surface area (Å²) in [6.07, 6.45) is 3.21. The monoisotopic (exact) mass is 430 g/mol. The number of carbonyl (C=O) groups is 1. The minimum absolute atomic E-state index is 0.0969. The number of anilines is 2. The molecule has 1 amide bonds. The van der Waals surface area contributed by atoms with Crippen molar-refractivity contribution in [3.8, 4) is 0 Å². The number of rotatable bonds is 2. The lowest BCUT2D eigenvalue weighted by Crippen LogP contribution is -2.41. The Bertz CT molecular complexity index is 1100. The number of aryl methyl sites for hydroxylation is 1. The molecule has 0 aliphatic carbocycles. The van der Waals surface area contributed by atoms with Crippen LogP contribution in [0.4, 0.5) is 11.4 Å². The third-order valence-corrected chi connectivity index (χ3v) is 7.59. The number of benzene rings is 2. The molecule has 5 nitrogen and oxygen atoms in total. The van der Waals surface area contributed by atoms with E-state index in [9.17, 15) is 13.2 Å². The first kappa shape index (κ1) is 20.0. The standard InChI is InChI=1S/C22H23ClN2O3S/c1-15-8-10-24(11-9-15)22(26)21-14-25(18-5-3-4-16(2)12-18)19-13-17(23)6-7-20(19)29(21,27)28/h3-7,12-15H,8-11H2,1-2H3. The van der Waals surface area contributed by atoms with Crippen LogP contribution >= 0.6 is 11.6 Å². The third kappa shape index (κ3) is 3.67. The zero-order chi connectivity index (χ0) is 20.8. The van der Waals surface area contributed by atoms with Gasteiger partial charge in [-0.05, 0) is 61.6 Å². The number of carbonyl (C=O) groups excluding carboxylic acids is 1. The summed E-state index contributed by atoms with van der Waals surface area (Å²) in [6.45, 7) is 5.27. The number of halogens is 1. The molecule has 1 fully saturated rings. The first-order chi connectivity index (χ1) is 13.8. The van der Waals surface area contributed by atoms with Crippen LogP contribution in [0.25, 0.3) is 0 Å². The van der Waals surface area contributed by atoms with E-state index in [0.717, 1.165) is 24.1 Å². The summed E-state index contributed by atoms with van der Waals surface area (Å²) in [5.74, 6) is 0.109. The van der Waals surface area contributed by atoms with Crippen molar-refractivity contribution in [1.29, 1.82) is 0 Å². The number of sulfone groups is 1. The molecule has 0 atom stereocenters. The lowest BCUT2D eigenvalue weighted by molar-refractivity contribution is -0.127. The van der Waals surface area contributed by atoms with Crippen molar-refractivity contribution in [1.82, 2.24) is 4.90 Å². The van der Waals surface area contributed by atoms with E-state index in [0.29, 0.717) is 29.7 Å². The Labute approximate surface area is 176 Å². The highest BCUT2D eigenvalue weighted by Gasteiger charge is 2.38. The Morgan fingerprint density at radius 2 is 1.83 bits per heavy atom. The Hall–Kier alpha value is -2.31. The van der Waals surface area contributed by atoms with Gasteiger partial charge in [0.25, 0.3) is 5.91 Å². The lowest BCUT2D eigenvalue weighted by Gasteiger charge is -2.34. The van der Waals surface area contributed by atoms with E-state index in [1.807, 2.05) is 31.2 Å². The Balaban J connectivity index is 1.84. The molecule has 2 aliphatic heterocycles. The normalized spacial score (nSPS) is 18.9. The molecule has 152 valence electrons. The quantitative estimate of drug-likeness (QED) is 0.694. The summed E-state index contributed by atoms with van der Waals surface area (Å²) in [5, 5.41) is 0.435. The highest BCUT2D eigenvalue weighted by molar-refractivity contribution is 7.96. The molecule has 2 aromatic carbocycles. The van der Waals surface area contributed by atoms with Gasteiger partial charge >= 0.3 is 0 Å². The second-order valence-electron chi connectivity index (χ2n) is 7.79. The molecule has 0 aromatic heterocycles. The highest BCUT2D eigenvalue weighted by atomic mass is 35.5. The molecule has 2 heterocycles. The zero-order valence-corrected chi connectivity index (χ0v) is 18.0. The van der Waals surface area contributed by atoms with E-state index in [1.165, 1.54) is 12.3 Å². The highest BCUT2D eigenvalue weighted by Crippen LogP contribution is 2.41. The van der Waals surface area contributed by atoms with Crippen molar-refractivity contribution >= 4 is 38.7 Å². The minimum Gasteiger partial charge on any atom is -0.338 e. The molecular weight excluding hydrogens is 408 g/mol. The van der Waals surface area contributed by atoms with Crippen LogP contribution in [0.5, 0.6) is 0 Å². The Morgan fingerprint density at radius 1 is 1.10 bits per heavy atom. The number of piperidine rings is 1. The summed E-state index contributed by atoms with van der Waals surface area (Å²) in [6, 6.07) is 12.3. The van der Waals surface area contributed by atoms with E-state index in [-0.39, 0.29) is 9.80 Å². The smallest absolute Gasteiger partial charge is 0.267 e. The number of hydrogen-bond acceptors (Lipinski definition) is 4. The van der Waals surface area contributed by atoms with Gasteiger partial charge in [0.1, 0.15) is 0 Å². The molecule has 7 heteroatoms. The number of fused-ring (bicyclic) bond motifs is 1. The molecule has 1 saturated heterocycles. The molecule has 0 spiro atoms. The van der Waals surface area contributed by atoms with Crippen LogP contribution in [0.3, 0.4) is 0 Å². The van der Waals surface area contributed by atoms with Gasteiger partial charge in [-0.2, -0.15) is 0 Å². The van der Waals surface area contributed by atoms with Gasteiger partial charge in [-0.25, -0.2) is 8.42 Å². The summed E-state index contributed by atoms with van der Waals surface area (Å²) in [5.41, 5.74) is 2.26. The van der Waals surface area contributed by atoms with Gasteiger partial charge in [-0.3, -0.25) is 4.79 Å². The summed E-state index contributed by atoms with van der Waals surface area (Å²) in [7, 11) is -3.94. The first-order valence-electron chi connectivity index (χ1n) is 9.69. The molecule has 0 unspecified atom stereocenters. The molecule has 4 rings (SSSR count). The van der Waals surface area contributed by atoms with Crippen LogP contribution in [0.2, 0.25) is 5.02 Å². The first-order valence-corrected chi connectivity index (χ1v) is 11.5. The molecule has 29 heavy (non-hydrogen) atoms. The maximum atomic E-state index is 13.3. The fourth-order valence-corrected chi connectivity index (χ4v) is 5.50. The van der Waals surface area contributed by atoms with E-state index >= 15 is 0 Å². The van der Waals surface area contributed by atoms with E-state index in [1.54, 1.807) is 21.9 Å². The van der Waals surface area contributed by atoms with Crippen LogP contribution in [0.15, 0.2) is 58.5 Å². The van der Waals surface area contributed by atoms with Crippen molar-refractivity contribution < 1.29 is 13.2 Å². The predicted molar refractivity (Wildman–Crippen MR) is 115 cm³/mol. The molecule has 0 N–H and O–H groups in total. The molecule has 0 bridgehead atoms. The van der Waals surface area contributed by atoms with Crippen LogP contribution in [-0.2, 0) is 14.6 Å². The number of nitrogens with zero attached hydrogens (tertiary/aromatic N) is 2. The lowest BCUT2D eigenvalue weighted by atomic mass is 9.99. The maximum Gasteiger partial charge on any atom is 0.267 e. The third-order valence-electron chi connectivity index (χ3n) is 5.57. The SMILES string of the molecule is Cc1cccc(N2C=C(C(=O)N3CCC(C)CC3)S(=O)(=O)c3ccc(Cl)cc32)c1.